The summed E-state index contributed by atoms with van der Waals surface area (Å²) in [5.41, 5.74) is 3.03. The van der Waals surface area contributed by atoms with Crippen LogP contribution >= 0.6 is 8.73 Å². The minimum absolute atomic E-state index is 0.541. The Morgan fingerprint density at radius 1 is 1.23 bits per heavy atom. The first kappa shape index (κ1) is 12.8. The highest BCUT2D eigenvalue weighted by Gasteiger charge is 2.11. The molecule has 1 atom stereocenters. The van der Waals surface area contributed by atoms with Crippen molar-refractivity contribution >= 4 is 8.73 Å². The number of hydrogen-bond donors (Lipinski definition) is 0. The van der Waals surface area contributed by atoms with Crippen molar-refractivity contribution < 1.29 is 4.74 Å². The summed E-state index contributed by atoms with van der Waals surface area (Å²) in [7, 11) is 0.541. The van der Waals surface area contributed by atoms with Crippen LogP contribution in [-0.4, -0.2) is 23.4 Å². The summed E-state index contributed by atoms with van der Waals surface area (Å²) in [6.45, 7) is 11.4. The van der Waals surface area contributed by atoms with Crippen LogP contribution in [0.1, 0.15) is 34.6 Å². The van der Waals surface area contributed by atoms with Crippen LogP contribution < -0.4 is 0 Å². The monoisotopic (exact) mass is 201 g/mol. The zero-order valence-corrected chi connectivity index (χ0v) is 10.2. The van der Waals surface area contributed by atoms with Crippen LogP contribution in [0.5, 0.6) is 0 Å². The van der Waals surface area contributed by atoms with Crippen molar-refractivity contribution in [3.05, 3.63) is 0 Å². The number of rotatable bonds is 4. The molecular weight excluding hydrogens is 181 g/mol. The molecule has 0 aliphatic carbocycles. The van der Waals surface area contributed by atoms with Crippen molar-refractivity contribution in [1.82, 2.24) is 4.67 Å². The standard InChI is InChI=1S/C10H20NOP/c1-6-12-7-8-13-11(9(2)3)10(4)5/h9-10,13H,6H2,1-5H3. The second-order valence-electron chi connectivity index (χ2n) is 3.37. The first-order valence-corrected chi connectivity index (χ1v) is 5.70. The van der Waals surface area contributed by atoms with Crippen molar-refractivity contribution in [2.24, 2.45) is 0 Å². The molecule has 0 N–H and O–H groups in total. The SMILES string of the molecule is CCOC#CPN(C(C)C)C(C)C. The minimum Gasteiger partial charge on any atom is -0.447 e. The molecule has 0 heterocycles. The maximum absolute atomic E-state index is 4.96. The van der Waals surface area contributed by atoms with Crippen LogP contribution in [-0.2, 0) is 4.74 Å². The Morgan fingerprint density at radius 3 is 2.15 bits per heavy atom. The van der Waals surface area contributed by atoms with Gasteiger partial charge in [0, 0.05) is 20.8 Å². The van der Waals surface area contributed by atoms with E-state index in [0.717, 1.165) is 0 Å². The molecule has 0 spiro atoms. The van der Waals surface area contributed by atoms with Gasteiger partial charge in [-0.25, -0.2) is 0 Å². The molecule has 0 saturated heterocycles. The highest BCUT2D eigenvalue weighted by molar-refractivity contribution is 7.41. The van der Waals surface area contributed by atoms with E-state index in [4.69, 9.17) is 4.74 Å². The van der Waals surface area contributed by atoms with Gasteiger partial charge in [0.1, 0.15) is 6.11 Å². The number of nitrogens with zero attached hydrogens (tertiary/aromatic N) is 1. The van der Waals surface area contributed by atoms with Gasteiger partial charge in [0.15, 0.2) is 0 Å². The first-order valence-electron chi connectivity index (χ1n) is 4.75. The van der Waals surface area contributed by atoms with Gasteiger partial charge in [0.2, 0.25) is 0 Å². The van der Waals surface area contributed by atoms with Crippen LogP contribution in [0.25, 0.3) is 0 Å². The van der Waals surface area contributed by atoms with Gasteiger partial charge in [0.25, 0.3) is 0 Å². The summed E-state index contributed by atoms with van der Waals surface area (Å²) in [5, 5.41) is 0. The Kier molecular flexibility index (Phi) is 7.04. The molecule has 76 valence electrons. The van der Waals surface area contributed by atoms with Gasteiger partial charge in [-0.3, -0.25) is 4.67 Å². The van der Waals surface area contributed by atoms with Crippen molar-refractivity contribution in [3.63, 3.8) is 0 Å². The molecule has 0 aromatic carbocycles. The van der Waals surface area contributed by atoms with Gasteiger partial charge in [-0.2, -0.15) is 0 Å². The third-order valence-corrected chi connectivity index (χ3v) is 3.07. The molecule has 3 heteroatoms. The zero-order valence-electron chi connectivity index (χ0n) is 9.22. The largest absolute Gasteiger partial charge is 0.447 e. The smallest absolute Gasteiger partial charge is 0.115 e. The molecule has 13 heavy (non-hydrogen) atoms. The lowest BCUT2D eigenvalue weighted by molar-refractivity contribution is 0.299. The Labute approximate surface area is 83.9 Å². The first-order chi connectivity index (χ1) is 6.09. The van der Waals surface area contributed by atoms with Crippen LogP contribution in [0.2, 0.25) is 0 Å². The van der Waals surface area contributed by atoms with Gasteiger partial charge >= 0.3 is 0 Å². The number of ether oxygens (including phenoxy) is 1. The van der Waals surface area contributed by atoms with Gasteiger partial charge in [0.05, 0.1) is 6.61 Å². The van der Waals surface area contributed by atoms with Crippen molar-refractivity contribution in [3.8, 4) is 11.8 Å². The Hall–Kier alpha value is -0.250. The molecule has 1 unspecified atom stereocenters. The van der Waals surface area contributed by atoms with Crippen molar-refractivity contribution in [1.29, 1.82) is 0 Å². The van der Waals surface area contributed by atoms with E-state index >= 15 is 0 Å². The lowest BCUT2D eigenvalue weighted by atomic mass is 10.3. The molecule has 0 aromatic rings. The fourth-order valence-electron chi connectivity index (χ4n) is 1.05. The van der Waals surface area contributed by atoms with E-state index in [1.54, 1.807) is 0 Å². The summed E-state index contributed by atoms with van der Waals surface area (Å²) in [4.78, 5) is 0. The molecule has 0 amide bonds. The summed E-state index contributed by atoms with van der Waals surface area (Å²) in [6, 6.07) is 1.10. The lowest BCUT2D eigenvalue weighted by Gasteiger charge is -2.27. The van der Waals surface area contributed by atoms with Crippen LogP contribution in [0.15, 0.2) is 0 Å². The van der Waals surface area contributed by atoms with Crippen LogP contribution in [0.4, 0.5) is 0 Å². The topological polar surface area (TPSA) is 12.5 Å². The maximum Gasteiger partial charge on any atom is 0.115 e. The van der Waals surface area contributed by atoms with Crippen LogP contribution in [0.3, 0.4) is 0 Å². The molecule has 0 bridgehead atoms. The zero-order chi connectivity index (χ0) is 10.3. The highest BCUT2D eigenvalue weighted by atomic mass is 31.1. The normalized spacial score (nSPS) is 11.4. The second kappa shape index (κ2) is 7.18. The highest BCUT2D eigenvalue weighted by Crippen LogP contribution is 2.22. The average molecular weight is 201 g/mol. The average Bonchev–Trinajstić information content (AvgIpc) is 2.02. The van der Waals surface area contributed by atoms with E-state index in [2.05, 4.69) is 44.1 Å². The Morgan fingerprint density at radius 2 is 1.77 bits per heavy atom. The van der Waals surface area contributed by atoms with E-state index in [1.807, 2.05) is 6.92 Å². The summed E-state index contributed by atoms with van der Waals surface area (Å²) >= 11 is 0. The van der Waals surface area contributed by atoms with E-state index in [9.17, 15) is 0 Å². The molecule has 0 radical (unpaired) electrons. The van der Waals surface area contributed by atoms with Crippen molar-refractivity contribution in [2.75, 3.05) is 6.61 Å². The van der Waals surface area contributed by atoms with Gasteiger partial charge in [-0.05, 0) is 40.3 Å². The summed E-state index contributed by atoms with van der Waals surface area (Å²) in [6.07, 6.45) is 2.70. The molecule has 0 fully saturated rings. The summed E-state index contributed by atoms with van der Waals surface area (Å²) < 4.78 is 7.32. The van der Waals surface area contributed by atoms with Crippen molar-refractivity contribution in [2.45, 2.75) is 46.7 Å². The maximum atomic E-state index is 4.96. The van der Waals surface area contributed by atoms with E-state index in [1.165, 1.54) is 0 Å². The number of hydrogen-bond acceptors (Lipinski definition) is 2. The molecule has 0 aliphatic heterocycles. The Balaban J connectivity index is 3.92. The predicted octanol–water partition coefficient (Wildman–Crippen LogP) is 2.65. The fraction of sp³-hybridized carbons (Fsp3) is 0.800. The van der Waals surface area contributed by atoms with Gasteiger partial charge in [-0.15, -0.1) is 0 Å². The second-order valence-corrected chi connectivity index (χ2v) is 4.36. The molecular formula is C10H20NOP. The van der Waals surface area contributed by atoms with E-state index in [0.29, 0.717) is 27.4 Å². The molecule has 0 rings (SSSR count). The van der Waals surface area contributed by atoms with Gasteiger partial charge < -0.3 is 4.74 Å². The lowest BCUT2D eigenvalue weighted by Crippen LogP contribution is -2.28. The Bertz CT molecular complexity index is 173. The molecule has 0 saturated carbocycles. The molecule has 0 aliphatic rings. The van der Waals surface area contributed by atoms with E-state index < -0.39 is 0 Å². The summed E-state index contributed by atoms with van der Waals surface area (Å²) in [5.74, 6) is 0. The third kappa shape index (κ3) is 5.91. The predicted molar refractivity (Wildman–Crippen MR) is 59.8 cm³/mol. The molecule has 2 nitrogen and oxygen atoms in total. The van der Waals surface area contributed by atoms with Crippen LogP contribution in [0, 0.1) is 11.8 Å². The van der Waals surface area contributed by atoms with Gasteiger partial charge in [-0.1, -0.05) is 0 Å². The third-order valence-electron chi connectivity index (χ3n) is 1.57. The minimum atomic E-state index is 0.541. The van der Waals surface area contributed by atoms with E-state index in [-0.39, 0.29) is 0 Å². The molecule has 0 aromatic heterocycles. The quantitative estimate of drug-likeness (QED) is 0.512. The fourth-order valence-corrected chi connectivity index (χ4v) is 1.81.